The fourth-order valence-corrected chi connectivity index (χ4v) is 3.17. The van der Waals surface area contributed by atoms with E-state index in [1.807, 2.05) is 0 Å². The van der Waals surface area contributed by atoms with E-state index >= 15 is 0 Å². The summed E-state index contributed by atoms with van der Waals surface area (Å²) in [6, 6.07) is 3.50. The van der Waals surface area contributed by atoms with E-state index in [-0.39, 0.29) is 17.5 Å². The molecule has 0 amide bonds. The van der Waals surface area contributed by atoms with Crippen LogP contribution in [0.2, 0.25) is 0 Å². The van der Waals surface area contributed by atoms with Crippen LogP contribution in [-0.4, -0.2) is 27.4 Å². The van der Waals surface area contributed by atoms with E-state index in [0.717, 1.165) is 18.4 Å². The molecule has 3 unspecified atom stereocenters. The highest BCUT2D eigenvalue weighted by Crippen LogP contribution is 2.39. The summed E-state index contributed by atoms with van der Waals surface area (Å²) in [6.07, 6.45) is 1.85. The van der Waals surface area contributed by atoms with E-state index in [2.05, 4.69) is 26.1 Å². The van der Waals surface area contributed by atoms with Crippen LogP contribution in [0.5, 0.6) is 11.5 Å². The lowest BCUT2D eigenvalue weighted by Crippen LogP contribution is -2.43. The van der Waals surface area contributed by atoms with Gasteiger partial charge in [0.2, 0.25) is 0 Å². The third-order valence-corrected chi connectivity index (χ3v) is 4.03. The maximum atomic E-state index is 10.5. The SMILES string of the molecule is CC(C)CC(C)NC1CCc2c(ccc(O)c2O)C1O. The zero-order valence-corrected chi connectivity index (χ0v) is 12.4. The highest BCUT2D eigenvalue weighted by Gasteiger charge is 2.31. The topological polar surface area (TPSA) is 72.7 Å². The van der Waals surface area contributed by atoms with Crippen molar-refractivity contribution in [2.24, 2.45) is 5.92 Å². The molecule has 0 radical (unpaired) electrons. The zero-order valence-electron chi connectivity index (χ0n) is 12.4. The van der Waals surface area contributed by atoms with E-state index in [9.17, 15) is 15.3 Å². The van der Waals surface area contributed by atoms with Gasteiger partial charge in [-0.3, -0.25) is 0 Å². The Morgan fingerprint density at radius 3 is 2.60 bits per heavy atom. The molecule has 0 heterocycles. The van der Waals surface area contributed by atoms with Gasteiger partial charge in [-0.2, -0.15) is 0 Å². The minimum absolute atomic E-state index is 0.000179. The van der Waals surface area contributed by atoms with Gasteiger partial charge in [0, 0.05) is 17.6 Å². The van der Waals surface area contributed by atoms with Crippen molar-refractivity contribution in [2.45, 2.75) is 58.2 Å². The number of hydrogen-bond acceptors (Lipinski definition) is 4. The molecule has 4 nitrogen and oxygen atoms in total. The summed E-state index contributed by atoms with van der Waals surface area (Å²) < 4.78 is 0. The fraction of sp³-hybridized carbons (Fsp3) is 0.625. The predicted molar refractivity (Wildman–Crippen MR) is 78.9 cm³/mol. The van der Waals surface area contributed by atoms with Gasteiger partial charge in [-0.1, -0.05) is 19.9 Å². The second-order valence-electron chi connectivity index (χ2n) is 6.29. The first-order valence-corrected chi connectivity index (χ1v) is 7.38. The number of phenols is 2. The third-order valence-electron chi connectivity index (χ3n) is 4.03. The number of fused-ring (bicyclic) bond motifs is 1. The molecule has 1 aliphatic carbocycles. The van der Waals surface area contributed by atoms with Crippen LogP contribution in [0.1, 0.15) is 50.8 Å². The number of phenolic OH excluding ortho intramolecular Hbond substituents is 2. The van der Waals surface area contributed by atoms with Gasteiger partial charge in [0.05, 0.1) is 6.10 Å². The first-order chi connectivity index (χ1) is 9.40. The van der Waals surface area contributed by atoms with Crippen molar-refractivity contribution in [3.05, 3.63) is 23.3 Å². The van der Waals surface area contributed by atoms with E-state index in [0.29, 0.717) is 23.9 Å². The Balaban J connectivity index is 2.12. The molecule has 20 heavy (non-hydrogen) atoms. The quantitative estimate of drug-likeness (QED) is 0.639. The second kappa shape index (κ2) is 6.02. The molecule has 1 aromatic carbocycles. The van der Waals surface area contributed by atoms with Crippen molar-refractivity contribution in [1.82, 2.24) is 5.32 Å². The number of hydrogen-bond donors (Lipinski definition) is 4. The van der Waals surface area contributed by atoms with Crippen molar-refractivity contribution in [2.75, 3.05) is 0 Å². The molecule has 0 fully saturated rings. The molecular weight excluding hydrogens is 254 g/mol. The summed E-state index contributed by atoms with van der Waals surface area (Å²) in [4.78, 5) is 0. The number of benzene rings is 1. The standard InChI is InChI=1S/C16H25NO3/c1-9(2)8-10(3)17-13-6-4-12-11(15(13)19)5-7-14(18)16(12)20/h5,7,9-10,13,15,17-20H,4,6,8H2,1-3H3. The van der Waals surface area contributed by atoms with E-state index in [1.165, 1.54) is 6.07 Å². The van der Waals surface area contributed by atoms with Gasteiger partial charge in [0.15, 0.2) is 11.5 Å². The van der Waals surface area contributed by atoms with Crippen LogP contribution >= 0.6 is 0 Å². The van der Waals surface area contributed by atoms with Crippen molar-refractivity contribution >= 4 is 0 Å². The van der Waals surface area contributed by atoms with Crippen LogP contribution in [0.4, 0.5) is 0 Å². The minimum atomic E-state index is -0.639. The van der Waals surface area contributed by atoms with Crippen molar-refractivity contribution in [1.29, 1.82) is 0 Å². The lowest BCUT2D eigenvalue weighted by atomic mass is 9.84. The smallest absolute Gasteiger partial charge is 0.161 e. The van der Waals surface area contributed by atoms with Crippen molar-refractivity contribution < 1.29 is 15.3 Å². The Bertz CT molecular complexity index is 473. The van der Waals surface area contributed by atoms with Crippen LogP contribution in [0.3, 0.4) is 0 Å². The fourth-order valence-electron chi connectivity index (χ4n) is 3.17. The lowest BCUT2D eigenvalue weighted by Gasteiger charge is -2.33. The maximum absolute atomic E-state index is 10.5. The highest BCUT2D eigenvalue weighted by atomic mass is 16.3. The van der Waals surface area contributed by atoms with Gasteiger partial charge in [0.1, 0.15) is 0 Å². The number of aliphatic hydroxyl groups excluding tert-OH is 1. The van der Waals surface area contributed by atoms with E-state index < -0.39 is 6.10 Å². The lowest BCUT2D eigenvalue weighted by molar-refractivity contribution is 0.106. The minimum Gasteiger partial charge on any atom is -0.504 e. The Morgan fingerprint density at radius 1 is 1.25 bits per heavy atom. The largest absolute Gasteiger partial charge is 0.504 e. The molecular formula is C16H25NO3. The Morgan fingerprint density at radius 2 is 1.95 bits per heavy atom. The molecule has 1 aromatic rings. The summed E-state index contributed by atoms with van der Waals surface area (Å²) in [6.45, 7) is 6.51. The first-order valence-electron chi connectivity index (χ1n) is 7.38. The third kappa shape index (κ3) is 3.07. The number of nitrogens with one attached hydrogen (secondary N) is 1. The zero-order chi connectivity index (χ0) is 14.9. The summed E-state index contributed by atoms with van der Waals surface area (Å²) in [7, 11) is 0. The van der Waals surface area contributed by atoms with Gasteiger partial charge in [-0.15, -0.1) is 0 Å². The van der Waals surface area contributed by atoms with Crippen molar-refractivity contribution in [3.63, 3.8) is 0 Å². The molecule has 3 atom stereocenters. The molecule has 4 N–H and O–H groups in total. The predicted octanol–water partition coefficient (Wildman–Crippen LogP) is 2.47. The van der Waals surface area contributed by atoms with E-state index in [4.69, 9.17) is 0 Å². The van der Waals surface area contributed by atoms with Gasteiger partial charge >= 0.3 is 0 Å². The maximum Gasteiger partial charge on any atom is 0.161 e. The van der Waals surface area contributed by atoms with Gasteiger partial charge in [0.25, 0.3) is 0 Å². The highest BCUT2D eigenvalue weighted by molar-refractivity contribution is 5.51. The van der Waals surface area contributed by atoms with Crippen molar-refractivity contribution in [3.8, 4) is 11.5 Å². The summed E-state index contributed by atoms with van der Waals surface area (Å²) >= 11 is 0. The molecule has 0 saturated carbocycles. The first kappa shape index (κ1) is 15.1. The van der Waals surface area contributed by atoms with Crippen LogP contribution in [0.25, 0.3) is 0 Å². The molecule has 1 aliphatic rings. The molecule has 0 bridgehead atoms. The van der Waals surface area contributed by atoms with Gasteiger partial charge in [-0.05, 0) is 43.7 Å². The summed E-state index contributed by atoms with van der Waals surface area (Å²) in [5, 5.41) is 33.3. The number of aromatic hydroxyl groups is 2. The molecule has 0 aliphatic heterocycles. The van der Waals surface area contributed by atoms with Crippen LogP contribution in [0, 0.1) is 5.92 Å². The monoisotopic (exact) mass is 279 g/mol. The molecule has 0 spiro atoms. The van der Waals surface area contributed by atoms with Crippen LogP contribution in [-0.2, 0) is 6.42 Å². The van der Waals surface area contributed by atoms with Gasteiger partial charge < -0.3 is 20.6 Å². The molecule has 0 aromatic heterocycles. The average Bonchev–Trinajstić information content (AvgIpc) is 2.36. The molecule has 2 rings (SSSR count). The average molecular weight is 279 g/mol. The number of aliphatic hydroxyl groups is 1. The van der Waals surface area contributed by atoms with Crippen LogP contribution in [0.15, 0.2) is 12.1 Å². The van der Waals surface area contributed by atoms with Gasteiger partial charge in [-0.25, -0.2) is 0 Å². The summed E-state index contributed by atoms with van der Waals surface area (Å²) in [5.41, 5.74) is 1.40. The number of rotatable bonds is 4. The van der Waals surface area contributed by atoms with E-state index in [1.54, 1.807) is 6.07 Å². The Hall–Kier alpha value is -1.26. The second-order valence-corrected chi connectivity index (χ2v) is 6.29. The Kier molecular flexibility index (Phi) is 4.55. The molecule has 112 valence electrons. The molecule has 4 heteroatoms. The summed E-state index contributed by atoms with van der Waals surface area (Å²) in [5.74, 6) is 0.414. The normalized spacial score (nSPS) is 23.6. The molecule has 0 saturated heterocycles. The Labute approximate surface area is 120 Å². The van der Waals surface area contributed by atoms with Crippen LogP contribution < -0.4 is 5.32 Å².